The average Bonchev–Trinajstić information content (AvgIpc) is 3.21. The van der Waals surface area contributed by atoms with Gasteiger partial charge in [0.05, 0.1) is 31.9 Å². The van der Waals surface area contributed by atoms with Crippen LogP contribution in [-0.4, -0.2) is 62.6 Å². The van der Waals surface area contributed by atoms with Crippen molar-refractivity contribution < 1.29 is 23.9 Å². The molecule has 2 aliphatic rings. The number of nitrogens with one attached hydrogen (secondary N) is 1. The average molecular weight is 458 g/mol. The van der Waals surface area contributed by atoms with E-state index in [-0.39, 0.29) is 30.7 Å². The summed E-state index contributed by atoms with van der Waals surface area (Å²) in [6.45, 7) is 2.34. The smallest absolute Gasteiger partial charge is 0.254 e. The standard InChI is InChI=1S/C23H24ClN3O5/c1-31-20-6-5-17(24)13-19(20)27-14-16(12-21(27)28)22(29)25-18-4-2-3-15(11-18)23(30)26-7-9-32-10-8-26/h2-6,11,13,16H,7-10,12,14H2,1H3,(H,25,29). The zero-order valence-electron chi connectivity index (χ0n) is 17.7. The first kappa shape index (κ1) is 22.1. The maximum absolute atomic E-state index is 12.9. The Morgan fingerprint density at radius 1 is 1.16 bits per heavy atom. The Morgan fingerprint density at radius 2 is 1.94 bits per heavy atom. The number of morpholine rings is 1. The number of ether oxygens (including phenoxy) is 2. The van der Waals surface area contributed by atoms with Gasteiger partial charge in [-0.05, 0) is 36.4 Å². The van der Waals surface area contributed by atoms with Gasteiger partial charge in [0.25, 0.3) is 5.91 Å². The van der Waals surface area contributed by atoms with Crippen LogP contribution in [0.2, 0.25) is 5.02 Å². The molecule has 1 atom stereocenters. The molecule has 2 aromatic carbocycles. The second-order valence-electron chi connectivity index (χ2n) is 7.70. The molecule has 9 heteroatoms. The number of benzene rings is 2. The predicted molar refractivity (Wildman–Crippen MR) is 120 cm³/mol. The van der Waals surface area contributed by atoms with Crippen LogP contribution in [0.1, 0.15) is 16.8 Å². The highest BCUT2D eigenvalue weighted by molar-refractivity contribution is 6.31. The van der Waals surface area contributed by atoms with Crippen molar-refractivity contribution in [3.8, 4) is 5.75 Å². The third-order valence-corrected chi connectivity index (χ3v) is 5.84. The van der Waals surface area contributed by atoms with Gasteiger partial charge in [0, 0.05) is 42.3 Å². The monoisotopic (exact) mass is 457 g/mol. The molecular weight excluding hydrogens is 434 g/mol. The van der Waals surface area contributed by atoms with Crippen LogP contribution in [0.4, 0.5) is 11.4 Å². The van der Waals surface area contributed by atoms with Gasteiger partial charge in [-0.15, -0.1) is 0 Å². The van der Waals surface area contributed by atoms with E-state index in [0.717, 1.165) is 0 Å². The molecule has 0 spiro atoms. The van der Waals surface area contributed by atoms with E-state index in [2.05, 4.69) is 5.32 Å². The van der Waals surface area contributed by atoms with E-state index in [1.807, 2.05) is 0 Å². The van der Waals surface area contributed by atoms with Gasteiger partial charge >= 0.3 is 0 Å². The number of hydrogen-bond acceptors (Lipinski definition) is 5. The van der Waals surface area contributed by atoms with Crippen LogP contribution in [0.5, 0.6) is 5.75 Å². The minimum atomic E-state index is -0.537. The number of hydrogen-bond donors (Lipinski definition) is 1. The normalized spacial score (nSPS) is 18.6. The second kappa shape index (κ2) is 9.58. The van der Waals surface area contributed by atoms with Gasteiger partial charge < -0.3 is 24.6 Å². The van der Waals surface area contributed by atoms with Crippen molar-refractivity contribution in [3.05, 3.63) is 53.1 Å². The van der Waals surface area contributed by atoms with Crippen molar-refractivity contribution in [3.63, 3.8) is 0 Å². The third-order valence-electron chi connectivity index (χ3n) is 5.60. The minimum absolute atomic E-state index is 0.0773. The summed E-state index contributed by atoms with van der Waals surface area (Å²) in [5.41, 5.74) is 1.55. The molecule has 168 valence electrons. The number of anilines is 2. The largest absolute Gasteiger partial charge is 0.495 e. The molecule has 3 amide bonds. The number of halogens is 1. The highest BCUT2D eigenvalue weighted by atomic mass is 35.5. The predicted octanol–water partition coefficient (Wildman–Crippen LogP) is 2.81. The van der Waals surface area contributed by atoms with Crippen LogP contribution in [0.15, 0.2) is 42.5 Å². The molecule has 2 fully saturated rings. The van der Waals surface area contributed by atoms with E-state index in [4.69, 9.17) is 21.1 Å². The Hall–Kier alpha value is -3.10. The van der Waals surface area contributed by atoms with Crippen LogP contribution in [0.3, 0.4) is 0 Å². The lowest BCUT2D eigenvalue weighted by Crippen LogP contribution is -2.40. The highest BCUT2D eigenvalue weighted by Gasteiger charge is 2.36. The molecule has 32 heavy (non-hydrogen) atoms. The third kappa shape index (κ3) is 4.71. The summed E-state index contributed by atoms with van der Waals surface area (Å²) in [6.07, 6.45) is 0.0773. The highest BCUT2D eigenvalue weighted by Crippen LogP contribution is 2.35. The Balaban J connectivity index is 1.44. The Kier molecular flexibility index (Phi) is 6.62. The van der Waals surface area contributed by atoms with Crippen molar-refractivity contribution in [2.75, 3.05) is 50.2 Å². The Morgan fingerprint density at radius 3 is 2.69 bits per heavy atom. The van der Waals surface area contributed by atoms with Crippen molar-refractivity contribution >= 4 is 40.7 Å². The molecule has 0 bridgehead atoms. The molecule has 2 heterocycles. The van der Waals surface area contributed by atoms with Gasteiger partial charge in [-0.2, -0.15) is 0 Å². The van der Waals surface area contributed by atoms with Gasteiger partial charge in [0.1, 0.15) is 5.75 Å². The fraction of sp³-hybridized carbons (Fsp3) is 0.348. The number of carbonyl (C=O) groups is 3. The summed E-state index contributed by atoms with van der Waals surface area (Å²) >= 11 is 6.09. The molecule has 8 nitrogen and oxygen atoms in total. The van der Waals surface area contributed by atoms with Crippen molar-refractivity contribution in [2.24, 2.45) is 5.92 Å². The van der Waals surface area contributed by atoms with Gasteiger partial charge in [-0.25, -0.2) is 0 Å². The zero-order chi connectivity index (χ0) is 22.7. The topological polar surface area (TPSA) is 88.2 Å². The quantitative estimate of drug-likeness (QED) is 0.745. The molecule has 4 rings (SSSR count). The van der Waals surface area contributed by atoms with E-state index >= 15 is 0 Å². The molecule has 0 aromatic heterocycles. The van der Waals surface area contributed by atoms with Crippen molar-refractivity contribution in [2.45, 2.75) is 6.42 Å². The number of carbonyl (C=O) groups excluding carboxylic acids is 3. The molecule has 0 radical (unpaired) electrons. The maximum Gasteiger partial charge on any atom is 0.254 e. The summed E-state index contributed by atoms with van der Waals surface area (Å²) in [5.74, 6) is -0.581. The lowest BCUT2D eigenvalue weighted by Gasteiger charge is -2.27. The van der Waals surface area contributed by atoms with E-state index in [0.29, 0.717) is 54.0 Å². The van der Waals surface area contributed by atoms with Crippen LogP contribution in [-0.2, 0) is 14.3 Å². The van der Waals surface area contributed by atoms with Crippen LogP contribution >= 0.6 is 11.6 Å². The molecule has 2 aromatic rings. The lowest BCUT2D eigenvalue weighted by molar-refractivity contribution is -0.122. The lowest BCUT2D eigenvalue weighted by atomic mass is 10.1. The number of nitrogens with zero attached hydrogens (tertiary/aromatic N) is 2. The molecule has 1 N–H and O–H groups in total. The van der Waals surface area contributed by atoms with Gasteiger partial charge in [0.2, 0.25) is 11.8 Å². The minimum Gasteiger partial charge on any atom is -0.495 e. The van der Waals surface area contributed by atoms with Gasteiger partial charge in [-0.1, -0.05) is 17.7 Å². The van der Waals surface area contributed by atoms with Crippen LogP contribution < -0.4 is 15.0 Å². The van der Waals surface area contributed by atoms with E-state index in [1.165, 1.54) is 12.0 Å². The number of amides is 3. The number of methoxy groups -OCH3 is 1. The Bertz CT molecular complexity index is 1040. The summed E-state index contributed by atoms with van der Waals surface area (Å²) in [4.78, 5) is 41.5. The first-order valence-electron chi connectivity index (χ1n) is 10.4. The summed E-state index contributed by atoms with van der Waals surface area (Å²) in [7, 11) is 1.52. The Labute approximate surface area is 191 Å². The van der Waals surface area contributed by atoms with E-state index < -0.39 is 5.92 Å². The summed E-state index contributed by atoms with van der Waals surface area (Å²) in [5, 5.41) is 3.32. The first-order valence-corrected chi connectivity index (χ1v) is 10.8. The first-order chi connectivity index (χ1) is 15.5. The molecule has 2 aliphatic heterocycles. The van der Waals surface area contributed by atoms with E-state index in [9.17, 15) is 14.4 Å². The number of rotatable bonds is 5. The van der Waals surface area contributed by atoms with Crippen molar-refractivity contribution in [1.29, 1.82) is 0 Å². The van der Waals surface area contributed by atoms with E-state index in [1.54, 1.807) is 47.4 Å². The summed E-state index contributed by atoms with van der Waals surface area (Å²) < 4.78 is 10.6. The zero-order valence-corrected chi connectivity index (χ0v) is 18.4. The van der Waals surface area contributed by atoms with Crippen molar-refractivity contribution in [1.82, 2.24) is 4.90 Å². The molecular formula is C23H24ClN3O5. The summed E-state index contributed by atoms with van der Waals surface area (Å²) in [6, 6.07) is 11.9. The molecule has 0 aliphatic carbocycles. The fourth-order valence-corrected chi connectivity index (χ4v) is 4.08. The molecule has 0 saturated carbocycles. The van der Waals surface area contributed by atoms with Crippen LogP contribution in [0.25, 0.3) is 0 Å². The van der Waals surface area contributed by atoms with Gasteiger partial charge in [-0.3, -0.25) is 14.4 Å². The second-order valence-corrected chi connectivity index (χ2v) is 8.13. The fourth-order valence-electron chi connectivity index (χ4n) is 3.91. The maximum atomic E-state index is 12.9. The molecule has 1 unspecified atom stereocenters. The SMILES string of the molecule is COc1ccc(Cl)cc1N1CC(C(=O)Nc2cccc(C(=O)N3CCOCC3)c2)CC1=O. The van der Waals surface area contributed by atoms with Crippen LogP contribution in [0, 0.1) is 5.92 Å². The molecule has 2 saturated heterocycles. The van der Waals surface area contributed by atoms with Gasteiger partial charge in [0.15, 0.2) is 0 Å².